The van der Waals surface area contributed by atoms with Crippen LogP contribution in [0, 0.1) is 6.92 Å². The minimum absolute atomic E-state index is 0.112. The Hall–Kier alpha value is -2.63. The van der Waals surface area contributed by atoms with E-state index in [9.17, 15) is 14.7 Å². The lowest BCUT2D eigenvalue weighted by Gasteiger charge is -2.28. The third kappa shape index (κ3) is 2.84. The van der Waals surface area contributed by atoms with Crippen LogP contribution in [0.5, 0.6) is 5.75 Å². The summed E-state index contributed by atoms with van der Waals surface area (Å²) >= 11 is 0. The fourth-order valence-electron chi connectivity index (χ4n) is 2.76. The number of amides is 1. The number of phenolic OH excluding ortho intramolecular Hbond substituents is 1. The van der Waals surface area contributed by atoms with Crippen molar-refractivity contribution in [1.29, 1.82) is 0 Å². The summed E-state index contributed by atoms with van der Waals surface area (Å²) in [5.74, 6) is -0.0358. The summed E-state index contributed by atoms with van der Waals surface area (Å²) in [6.07, 6.45) is 0.624. The number of carbonyl (C=O) groups excluding carboxylic acids is 1. The van der Waals surface area contributed by atoms with Crippen molar-refractivity contribution in [2.24, 2.45) is 0 Å². The van der Waals surface area contributed by atoms with E-state index in [2.05, 4.69) is 5.10 Å². The molecule has 23 heavy (non-hydrogen) atoms. The highest BCUT2D eigenvalue weighted by Crippen LogP contribution is 2.21. The highest BCUT2D eigenvalue weighted by molar-refractivity contribution is 5.94. The summed E-state index contributed by atoms with van der Waals surface area (Å²) in [5, 5.41) is 14.1. The van der Waals surface area contributed by atoms with Crippen LogP contribution < -0.4 is 5.56 Å². The molecule has 2 heterocycles. The molecule has 0 bridgehead atoms. The molecule has 1 N–H and O–H groups in total. The van der Waals surface area contributed by atoms with Gasteiger partial charge < -0.3 is 10.0 Å². The molecule has 0 spiro atoms. The van der Waals surface area contributed by atoms with Crippen molar-refractivity contribution < 1.29 is 9.90 Å². The average molecular weight is 313 g/mol. The normalized spacial score (nSPS) is 13.7. The molecule has 1 aromatic carbocycles. The molecule has 3 rings (SSSR count). The Morgan fingerprint density at radius 3 is 2.83 bits per heavy atom. The number of benzene rings is 1. The molecule has 0 atom stereocenters. The second-order valence-electron chi connectivity index (χ2n) is 5.75. The number of aryl methyl sites for hydroxylation is 2. The Bertz CT molecular complexity index is 826. The largest absolute Gasteiger partial charge is 0.508 e. The number of hydrogen-bond acceptors (Lipinski definition) is 4. The van der Waals surface area contributed by atoms with Crippen LogP contribution in [0.3, 0.4) is 0 Å². The van der Waals surface area contributed by atoms with Crippen LogP contribution in [-0.4, -0.2) is 32.2 Å². The Kier molecular flexibility index (Phi) is 3.90. The molecule has 1 aromatic heterocycles. The number of aromatic nitrogens is 2. The molecular formula is C17H19N3O3. The van der Waals surface area contributed by atoms with Gasteiger partial charge in [0.15, 0.2) is 0 Å². The summed E-state index contributed by atoms with van der Waals surface area (Å²) in [5.41, 5.74) is 2.72. The smallest absolute Gasteiger partial charge is 0.267 e. The maximum Gasteiger partial charge on any atom is 0.267 e. The molecule has 1 aliphatic rings. The summed E-state index contributed by atoms with van der Waals surface area (Å²) in [7, 11) is 0. The molecule has 1 aliphatic heterocycles. The Morgan fingerprint density at radius 1 is 1.35 bits per heavy atom. The number of hydrogen-bond donors (Lipinski definition) is 1. The first-order chi connectivity index (χ1) is 11.0. The number of nitrogens with zero attached hydrogens (tertiary/aromatic N) is 3. The van der Waals surface area contributed by atoms with E-state index in [1.165, 1.54) is 10.7 Å². The number of rotatable bonds is 2. The van der Waals surface area contributed by atoms with E-state index in [1.54, 1.807) is 30.0 Å². The van der Waals surface area contributed by atoms with E-state index in [0.29, 0.717) is 31.6 Å². The van der Waals surface area contributed by atoms with Gasteiger partial charge in [-0.3, -0.25) is 9.59 Å². The number of fused-ring (bicyclic) bond motifs is 1. The quantitative estimate of drug-likeness (QED) is 0.911. The highest BCUT2D eigenvalue weighted by Gasteiger charge is 2.24. The molecule has 2 aromatic rings. The van der Waals surface area contributed by atoms with E-state index >= 15 is 0 Å². The fraction of sp³-hybridized carbons (Fsp3) is 0.353. The maximum atomic E-state index is 12.6. The lowest BCUT2D eigenvalue weighted by Crippen LogP contribution is -2.38. The van der Waals surface area contributed by atoms with E-state index in [1.807, 2.05) is 6.92 Å². The molecule has 0 aliphatic carbocycles. The minimum atomic E-state index is -0.148. The summed E-state index contributed by atoms with van der Waals surface area (Å²) in [6.45, 7) is 5.12. The second-order valence-corrected chi connectivity index (χ2v) is 5.75. The number of carbonyl (C=O) groups is 1. The van der Waals surface area contributed by atoms with Crippen molar-refractivity contribution in [3.8, 4) is 5.75 Å². The first-order valence-corrected chi connectivity index (χ1v) is 7.68. The van der Waals surface area contributed by atoms with Gasteiger partial charge in [-0.15, -0.1) is 0 Å². The number of aromatic hydroxyl groups is 1. The van der Waals surface area contributed by atoms with Crippen LogP contribution in [-0.2, 0) is 19.5 Å². The van der Waals surface area contributed by atoms with Crippen LogP contribution in [0.1, 0.15) is 34.1 Å². The van der Waals surface area contributed by atoms with Gasteiger partial charge in [0.2, 0.25) is 0 Å². The molecule has 6 nitrogen and oxygen atoms in total. The zero-order valence-electron chi connectivity index (χ0n) is 13.2. The molecule has 0 radical (unpaired) electrons. The minimum Gasteiger partial charge on any atom is -0.508 e. The lowest BCUT2D eigenvalue weighted by atomic mass is 10.0. The first-order valence-electron chi connectivity index (χ1n) is 7.68. The third-order valence-electron chi connectivity index (χ3n) is 4.19. The molecular weight excluding hydrogens is 294 g/mol. The van der Waals surface area contributed by atoms with Crippen LogP contribution in [0.2, 0.25) is 0 Å². The molecule has 0 fully saturated rings. The fourth-order valence-corrected chi connectivity index (χ4v) is 2.76. The molecule has 0 unspecified atom stereocenters. The Balaban J connectivity index is 1.86. The van der Waals surface area contributed by atoms with E-state index < -0.39 is 0 Å². The van der Waals surface area contributed by atoms with Crippen molar-refractivity contribution >= 4 is 5.91 Å². The van der Waals surface area contributed by atoms with Gasteiger partial charge in [-0.05, 0) is 31.5 Å². The Labute approximate surface area is 134 Å². The van der Waals surface area contributed by atoms with Crippen LogP contribution in [0.15, 0.2) is 29.1 Å². The van der Waals surface area contributed by atoms with Crippen LogP contribution >= 0.6 is 0 Å². The van der Waals surface area contributed by atoms with Gasteiger partial charge in [0.25, 0.3) is 11.5 Å². The predicted octanol–water partition coefficient (Wildman–Crippen LogP) is 1.48. The third-order valence-corrected chi connectivity index (χ3v) is 4.19. The van der Waals surface area contributed by atoms with Crippen molar-refractivity contribution in [2.45, 2.75) is 33.4 Å². The molecule has 120 valence electrons. The van der Waals surface area contributed by atoms with Gasteiger partial charge in [-0.25, -0.2) is 4.68 Å². The summed E-state index contributed by atoms with van der Waals surface area (Å²) in [6, 6.07) is 6.49. The molecule has 0 saturated carbocycles. The van der Waals surface area contributed by atoms with Crippen LogP contribution in [0.25, 0.3) is 0 Å². The standard InChI is InChI=1S/C17H19N3O3/c1-3-20-16(22)9-13-10-19(7-6-14(13)18-20)17(23)12-5-4-11(2)15(21)8-12/h4-5,8-9,21H,3,6-7,10H2,1-2H3. The van der Waals surface area contributed by atoms with E-state index in [0.717, 1.165) is 16.8 Å². The Morgan fingerprint density at radius 2 is 2.13 bits per heavy atom. The predicted molar refractivity (Wildman–Crippen MR) is 85.5 cm³/mol. The van der Waals surface area contributed by atoms with Crippen molar-refractivity contribution in [1.82, 2.24) is 14.7 Å². The maximum absolute atomic E-state index is 12.6. The summed E-state index contributed by atoms with van der Waals surface area (Å²) < 4.78 is 1.44. The monoisotopic (exact) mass is 313 g/mol. The topological polar surface area (TPSA) is 75.4 Å². The van der Waals surface area contributed by atoms with Gasteiger partial charge in [0.05, 0.1) is 5.69 Å². The van der Waals surface area contributed by atoms with E-state index in [-0.39, 0.29) is 17.2 Å². The lowest BCUT2D eigenvalue weighted by molar-refractivity contribution is 0.0732. The average Bonchev–Trinajstić information content (AvgIpc) is 2.55. The highest BCUT2D eigenvalue weighted by atomic mass is 16.3. The van der Waals surface area contributed by atoms with E-state index in [4.69, 9.17) is 0 Å². The zero-order valence-corrected chi connectivity index (χ0v) is 13.2. The van der Waals surface area contributed by atoms with Crippen molar-refractivity contribution in [2.75, 3.05) is 6.54 Å². The molecule has 0 saturated heterocycles. The van der Waals surface area contributed by atoms with Gasteiger partial charge in [-0.2, -0.15) is 5.10 Å². The zero-order chi connectivity index (χ0) is 16.6. The van der Waals surface area contributed by atoms with Crippen molar-refractivity contribution in [3.63, 3.8) is 0 Å². The van der Waals surface area contributed by atoms with Gasteiger partial charge in [0, 0.05) is 43.2 Å². The van der Waals surface area contributed by atoms with Gasteiger partial charge >= 0.3 is 0 Å². The summed E-state index contributed by atoms with van der Waals surface area (Å²) in [4.78, 5) is 26.2. The SMILES string of the molecule is CCn1nc2c(cc1=O)CN(C(=O)c1ccc(C)c(O)c1)CC2. The van der Waals surface area contributed by atoms with Crippen molar-refractivity contribution in [3.05, 3.63) is 57.0 Å². The molecule has 1 amide bonds. The van der Waals surface area contributed by atoms with Gasteiger partial charge in [-0.1, -0.05) is 6.07 Å². The number of phenols is 1. The first kappa shape index (κ1) is 15.3. The van der Waals surface area contributed by atoms with Gasteiger partial charge in [0.1, 0.15) is 5.75 Å². The van der Waals surface area contributed by atoms with Crippen LogP contribution in [0.4, 0.5) is 0 Å². The second kappa shape index (κ2) is 5.87. The molecule has 6 heteroatoms.